The first-order valence-corrected chi connectivity index (χ1v) is 4.90. The van der Waals surface area contributed by atoms with Crippen molar-refractivity contribution in [3.05, 3.63) is 0 Å². The third-order valence-electron chi connectivity index (χ3n) is 2.69. The van der Waals surface area contributed by atoms with Crippen molar-refractivity contribution in [3.63, 3.8) is 0 Å². The highest BCUT2D eigenvalue weighted by Crippen LogP contribution is 2.13. The molecule has 1 fully saturated rings. The summed E-state index contributed by atoms with van der Waals surface area (Å²) in [6, 6.07) is 0.472. The molecule has 1 rings (SSSR count). The maximum atomic E-state index is 9.44. The molecule has 12 heavy (non-hydrogen) atoms. The van der Waals surface area contributed by atoms with Gasteiger partial charge >= 0.3 is 0 Å². The molecule has 2 unspecified atom stereocenters. The minimum absolute atomic E-state index is 0.126. The maximum Gasteiger partial charge on any atom is 0.0667 e. The fourth-order valence-corrected chi connectivity index (χ4v) is 1.89. The summed E-state index contributed by atoms with van der Waals surface area (Å²) in [5, 5.41) is 9.44. The van der Waals surface area contributed by atoms with Crippen molar-refractivity contribution in [3.8, 4) is 0 Å². The summed E-state index contributed by atoms with van der Waals surface area (Å²) >= 11 is 0. The number of hydrogen-bond acceptors (Lipinski definition) is 3. The van der Waals surface area contributed by atoms with Crippen LogP contribution >= 0.6 is 0 Å². The van der Waals surface area contributed by atoms with Gasteiger partial charge < -0.3 is 10.8 Å². The number of piperidine rings is 1. The Morgan fingerprint density at radius 3 is 2.92 bits per heavy atom. The zero-order chi connectivity index (χ0) is 8.97. The first-order chi connectivity index (χ1) is 5.77. The van der Waals surface area contributed by atoms with Crippen LogP contribution in [0.25, 0.3) is 0 Å². The van der Waals surface area contributed by atoms with E-state index in [2.05, 4.69) is 11.8 Å². The Labute approximate surface area is 74.5 Å². The SMILES string of the molecule is CCC(CN)N1CCCC(O)C1. The quantitative estimate of drug-likeness (QED) is 0.638. The molecular formula is C9H20N2O. The number of nitrogens with zero attached hydrogens (tertiary/aromatic N) is 1. The molecule has 3 nitrogen and oxygen atoms in total. The predicted octanol–water partition coefficient (Wildman–Crippen LogP) is 0.180. The predicted molar refractivity (Wildman–Crippen MR) is 49.9 cm³/mol. The Morgan fingerprint density at radius 1 is 1.67 bits per heavy atom. The number of aliphatic hydroxyl groups excluding tert-OH is 1. The van der Waals surface area contributed by atoms with E-state index in [9.17, 15) is 5.11 Å². The second-order valence-corrected chi connectivity index (χ2v) is 3.59. The Bertz CT molecular complexity index is 126. The molecule has 3 N–H and O–H groups in total. The van der Waals surface area contributed by atoms with Crippen LogP contribution < -0.4 is 5.73 Å². The van der Waals surface area contributed by atoms with E-state index in [1.165, 1.54) is 0 Å². The van der Waals surface area contributed by atoms with Crippen LogP contribution in [0.1, 0.15) is 26.2 Å². The summed E-state index contributed by atoms with van der Waals surface area (Å²) in [4.78, 5) is 2.31. The smallest absolute Gasteiger partial charge is 0.0667 e. The van der Waals surface area contributed by atoms with E-state index < -0.39 is 0 Å². The molecule has 1 heterocycles. The lowest BCUT2D eigenvalue weighted by Gasteiger charge is -2.35. The fraction of sp³-hybridized carbons (Fsp3) is 1.00. The molecule has 0 aromatic carbocycles. The van der Waals surface area contributed by atoms with Crippen molar-refractivity contribution in [1.29, 1.82) is 0 Å². The van der Waals surface area contributed by atoms with Crippen molar-refractivity contribution in [1.82, 2.24) is 4.90 Å². The lowest BCUT2D eigenvalue weighted by molar-refractivity contribution is 0.0474. The Morgan fingerprint density at radius 2 is 2.42 bits per heavy atom. The highest BCUT2D eigenvalue weighted by atomic mass is 16.3. The zero-order valence-corrected chi connectivity index (χ0v) is 7.87. The molecular weight excluding hydrogens is 152 g/mol. The van der Waals surface area contributed by atoms with Gasteiger partial charge in [-0.1, -0.05) is 6.92 Å². The van der Waals surface area contributed by atoms with E-state index >= 15 is 0 Å². The zero-order valence-electron chi connectivity index (χ0n) is 7.87. The highest BCUT2D eigenvalue weighted by Gasteiger charge is 2.22. The van der Waals surface area contributed by atoms with Gasteiger partial charge in [0.2, 0.25) is 0 Å². The van der Waals surface area contributed by atoms with Gasteiger partial charge in [0.05, 0.1) is 6.10 Å². The molecule has 2 atom stereocenters. The molecule has 0 saturated carbocycles. The van der Waals surface area contributed by atoms with Crippen molar-refractivity contribution in [2.75, 3.05) is 19.6 Å². The van der Waals surface area contributed by atoms with Gasteiger partial charge in [0.25, 0.3) is 0 Å². The molecule has 0 radical (unpaired) electrons. The van der Waals surface area contributed by atoms with Crippen LogP contribution in [0.2, 0.25) is 0 Å². The summed E-state index contributed by atoms with van der Waals surface area (Å²) in [5.41, 5.74) is 5.64. The maximum absolute atomic E-state index is 9.44. The molecule has 1 aliphatic heterocycles. The molecule has 0 amide bonds. The van der Waals surface area contributed by atoms with Crippen molar-refractivity contribution >= 4 is 0 Å². The van der Waals surface area contributed by atoms with Gasteiger partial charge in [-0.3, -0.25) is 4.90 Å². The average molecular weight is 172 g/mol. The van der Waals surface area contributed by atoms with Gasteiger partial charge in [-0.2, -0.15) is 0 Å². The van der Waals surface area contributed by atoms with Crippen LogP contribution in [-0.4, -0.2) is 41.8 Å². The highest BCUT2D eigenvalue weighted by molar-refractivity contribution is 4.78. The van der Waals surface area contributed by atoms with Gasteiger partial charge in [0.1, 0.15) is 0 Å². The number of likely N-dealkylation sites (tertiary alicyclic amines) is 1. The lowest BCUT2D eigenvalue weighted by atomic mass is 10.0. The first kappa shape index (κ1) is 9.96. The molecule has 3 heteroatoms. The molecule has 72 valence electrons. The van der Waals surface area contributed by atoms with E-state index in [1.807, 2.05) is 0 Å². The van der Waals surface area contributed by atoms with Crippen LogP contribution in [0.15, 0.2) is 0 Å². The number of nitrogens with two attached hydrogens (primary N) is 1. The monoisotopic (exact) mass is 172 g/mol. The van der Waals surface area contributed by atoms with E-state index in [1.54, 1.807) is 0 Å². The van der Waals surface area contributed by atoms with Crippen LogP contribution in [0.5, 0.6) is 0 Å². The van der Waals surface area contributed by atoms with Crippen molar-refractivity contribution in [2.45, 2.75) is 38.3 Å². The van der Waals surface area contributed by atoms with Gasteiger partial charge in [0, 0.05) is 19.1 Å². The van der Waals surface area contributed by atoms with Gasteiger partial charge in [0.15, 0.2) is 0 Å². The normalized spacial score (nSPS) is 28.8. The second kappa shape index (κ2) is 4.80. The lowest BCUT2D eigenvalue weighted by Crippen LogP contribution is -2.47. The minimum atomic E-state index is -0.126. The molecule has 0 spiro atoms. The molecule has 0 aromatic heterocycles. The second-order valence-electron chi connectivity index (χ2n) is 3.59. The van der Waals surface area contributed by atoms with Gasteiger partial charge in [-0.15, -0.1) is 0 Å². The van der Waals surface area contributed by atoms with Crippen LogP contribution in [0, 0.1) is 0 Å². The van der Waals surface area contributed by atoms with Crippen molar-refractivity contribution in [2.24, 2.45) is 5.73 Å². The molecule has 0 bridgehead atoms. The Balaban J connectivity index is 2.38. The summed E-state index contributed by atoms with van der Waals surface area (Å²) < 4.78 is 0. The van der Waals surface area contributed by atoms with Crippen LogP contribution in [-0.2, 0) is 0 Å². The molecule has 0 aromatic rings. The van der Waals surface area contributed by atoms with Gasteiger partial charge in [-0.05, 0) is 25.8 Å². The van der Waals surface area contributed by atoms with E-state index in [-0.39, 0.29) is 6.10 Å². The molecule has 0 aliphatic carbocycles. The van der Waals surface area contributed by atoms with E-state index in [4.69, 9.17) is 5.73 Å². The third kappa shape index (κ3) is 2.44. The Kier molecular flexibility index (Phi) is 3.98. The number of rotatable bonds is 3. The summed E-state index contributed by atoms with van der Waals surface area (Å²) in [5.74, 6) is 0. The number of hydrogen-bond donors (Lipinski definition) is 2. The molecule has 1 aliphatic rings. The average Bonchev–Trinajstić information content (AvgIpc) is 2.07. The van der Waals surface area contributed by atoms with E-state index in [0.29, 0.717) is 12.6 Å². The van der Waals surface area contributed by atoms with E-state index in [0.717, 1.165) is 32.4 Å². The summed E-state index contributed by atoms with van der Waals surface area (Å²) in [6.07, 6.45) is 3.03. The Hall–Kier alpha value is -0.120. The van der Waals surface area contributed by atoms with Crippen molar-refractivity contribution < 1.29 is 5.11 Å². The summed E-state index contributed by atoms with van der Waals surface area (Å²) in [7, 11) is 0. The number of β-amino-alcohol motifs (C(OH)–C–C–N with tert-alkyl or cyclic N) is 1. The molecule has 1 saturated heterocycles. The standard InChI is InChI=1S/C9H20N2O/c1-2-8(6-10)11-5-3-4-9(12)7-11/h8-9,12H,2-7,10H2,1H3. The minimum Gasteiger partial charge on any atom is -0.392 e. The third-order valence-corrected chi connectivity index (χ3v) is 2.69. The van der Waals surface area contributed by atoms with Crippen LogP contribution in [0.4, 0.5) is 0 Å². The largest absolute Gasteiger partial charge is 0.392 e. The fourth-order valence-electron chi connectivity index (χ4n) is 1.89. The first-order valence-electron chi connectivity index (χ1n) is 4.90. The topological polar surface area (TPSA) is 49.5 Å². The van der Waals surface area contributed by atoms with Gasteiger partial charge in [-0.25, -0.2) is 0 Å². The number of aliphatic hydroxyl groups is 1. The summed E-state index contributed by atoms with van der Waals surface area (Å²) in [6.45, 7) is 4.78. The van der Waals surface area contributed by atoms with Crippen LogP contribution in [0.3, 0.4) is 0 Å².